The molecule has 1 aromatic rings. The summed E-state index contributed by atoms with van der Waals surface area (Å²) in [6.45, 7) is 6.32. The maximum absolute atomic E-state index is 13.2. The molecule has 3 N–H and O–H groups in total. The van der Waals surface area contributed by atoms with E-state index in [1.807, 2.05) is 13.0 Å². The summed E-state index contributed by atoms with van der Waals surface area (Å²) >= 11 is 0. The molecule has 0 saturated carbocycles. The second kappa shape index (κ2) is 7.49. The van der Waals surface area contributed by atoms with Gasteiger partial charge in [0.25, 0.3) is 0 Å². The highest BCUT2D eigenvalue weighted by molar-refractivity contribution is 5.30. The zero-order chi connectivity index (χ0) is 13.5. The Morgan fingerprint density at radius 2 is 1.83 bits per heavy atom. The standard InChI is InChI=1S/C15H25FN2/c1-4-6-12(7-5-2)15(18-17)14-9-8-13(16)10-11(14)3/h8-10,12,15,18H,4-7,17H2,1-3H3. The fourth-order valence-corrected chi connectivity index (χ4v) is 2.69. The van der Waals surface area contributed by atoms with Crippen molar-refractivity contribution in [3.05, 3.63) is 35.1 Å². The summed E-state index contributed by atoms with van der Waals surface area (Å²) in [5.41, 5.74) is 5.01. The van der Waals surface area contributed by atoms with Crippen LogP contribution < -0.4 is 11.3 Å². The van der Waals surface area contributed by atoms with Gasteiger partial charge in [-0.2, -0.15) is 0 Å². The van der Waals surface area contributed by atoms with E-state index >= 15 is 0 Å². The predicted octanol–water partition coefficient (Wildman–Crippen LogP) is 3.85. The van der Waals surface area contributed by atoms with Gasteiger partial charge >= 0.3 is 0 Å². The number of hydrazine groups is 1. The van der Waals surface area contributed by atoms with E-state index < -0.39 is 0 Å². The van der Waals surface area contributed by atoms with E-state index in [1.165, 1.54) is 6.07 Å². The number of nitrogens with two attached hydrogens (primary N) is 1. The maximum Gasteiger partial charge on any atom is 0.123 e. The molecule has 0 spiro atoms. The van der Waals surface area contributed by atoms with Gasteiger partial charge in [0.15, 0.2) is 0 Å². The third-order valence-electron chi connectivity index (χ3n) is 3.54. The Balaban J connectivity index is 2.98. The monoisotopic (exact) mass is 252 g/mol. The van der Waals surface area contributed by atoms with Crippen molar-refractivity contribution in [1.29, 1.82) is 0 Å². The average Bonchev–Trinajstić information content (AvgIpc) is 2.33. The van der Waals surface area contributed by atoms with Crippen molar-refractivity contribution < 1.29 is 4.39 Å². The molecule has 1 aromatic carbocycles. The number of hydrogen-bond acceptors (Lipinski definition) is 2. The predicted molar refractivity (Wildman–Crippen MR) is 74.5 cm³/mol. The number of nitrogens with one attached hydrogen (secondary N) is 1. The number of halogens is 1. The summed E-state index contributed by atoms with van der Waals surface area (Å²) in [7, 11) is 0. The van der Waals surface area contributed by atoms with Crippen molar-refractivity contribution in [2.45, 2.75) is 52.5 Å². The van der Waals surface area contributed by atoms with Gasteiger partial charge in [-0.3, -0.25) is 11.3 Å². The summed E-state index contributed by atoms with van der Waals surface area (Å²) in [6, 6.07) is 5.06. The molecular formula is C15H25FN2. The van der Waals surface area contributed by atoms with Crippen LogP contribution in [0.2, 0.25) is 0 Å². The number of hydrogen-bond donors (Lipinski definition) is 2. The molecule has 0 aromatic heterocycles. The normalized spacial score (nSPS) is 13.0. The molecule has 0 heterocycles. The van der Waals surface area contributed by atoms with Crippen molar-refractivity contribution in [3.8, 4) is 0 Å². The van der Waals surface area contributed by atoms with E-state index in [0.717, 1.165) is 36.8 Å². The van der Waals surface area contributed by atoms with Gasteiger partial charge in [-0.05, 0) is 48.9 Å². The molecule has 18 heavy (non-hydrogen) atoms. The van der Waals surface area contributed by atoms with E-state index in [0.29, 0.717) is 5.92 Å². The molecule has 0 aliphatic heterocycles. The van der Waals surface area contributed by atoms with Crippen molar-refractivity contribution in [2.75, 3.05) is 0 Å². The van der Waals surface area contributed by atoms with Crippen LogP contribution >= 0.6 is 0 Å². The Kier molecular flexibility index (Phi) is 6.30. The molecule has 0 aliphatic carbocycles. The van der Waals surface area contributed by atoms with Crippen molar-refractivity contribution in [1.82, 2.24) is 5.43 Å². The molecule has 1 unspecified atom stereocenters. The van der Waals surface area contributed by atoms with Gasteiger partial charge in [0.2, 0.25) is 0 Å². The Morgan fingerprint density at radius 1 is 1.22 bits per heavy atom. The van der Waals surface area contributed by atoms with E-state index in [2.05, 4.69) is 19.3 Å². The van der Waals surface area contributed by atoms with Crippen LogP contribution in [0.25, 0.3) is 0 Å². The zero-order valence-electron chi connectivity index (χ0n) is 11.7. The Bertz CT molecular complexity index is 360. The van der Waals surface area contributed by atoms with Gasteiger partial charge in [0.1, 0.15) is 5.82 Å². The van der Waals surface area contributed by atoms with Crippen molar-refractivity contribution >= 4 is 0 Å². The van der Waals surface area contributed by atoms with Crippen LogP contribution in [0.1, 0.15) is 56.7 Å². The smallest absolute Gasteiger partial charge is 0.123 e. The fraction of sp³-hybridized carbons (Fsp3) is 0.600. The van der Waals surface area contributed by atoms with Gasteiger partial charge in [-0.1, -0.05) is 32.8 Å². The first-order chi connectivity index (χ1) is 8.63. The number of aryl methyl sites for hydroxylation is 1. The highest BCUT2D eigenvalue weighted by Crippen LogP contribution is 2.31. The largest absolute Gasteiger partial charge is 0.271 e. The molecule has 0 saturated heterocycles. The second-order valence-corrected chi connectivity index (χ2v) is 4.98. The molecule has 102 valence electrons. The summed E-state index contributed by atoms with van der Waals surface area (Å²) in [5, 5.41) is 0. The first-order valence-electron chi connectivity index (χ1n) is 6.86. The van der Waals surface area contributed by atoms with Crippen LogP contribution in [0, 0.1) is 18.7 Å². The SMILES string of the molecule is CCCC(CCC)C(NN)c1ccc(F)cc1C. The molecule has 3 heteroatoms. The Hall–Kier alpha value is -0.930. The van der Waals surface area contributed by atoms with E-state index in [4.69, 9.17) is 5.84 Å². The molecule has 1 rings (SSSR count). The molecule has 0 aliphatic rings. The lowest BCUT2D eigenvalue weighted by Crippen LogP contribution is -2.34. The van der Waals surface area contributed by atoms with Gasteiger partial charge in [0.05, 0.1) is 0 Å². The van der Waals surface area contributed by atoms with Crippen LogP contribution in [0.5, 0.6) is 0 Å². The highest BCUT2D eigenvalue weighted by atomic mass is 19.1. The van der Waals surface area contributed by atoms with Crippen LogP contribution in [-0.2, 0) is 0 Å². The molecule has 0 bridgehead atoms. The van der Waals surface area contributed by atoms with Crippen molar-refractivity contribution in [2.24, 2.45) is 11.8 Å². The number of rotatable bonds is 7. The summed E-state index contributed by atoms with van der Waals surface area (Å²) in [6.07, 6.45) is 4.56. The van der Waals surface area contributed by atoms with Gasteiger partial charge in [-0.15, -0.1) is 0 Å². The highest BCUT2D eigenvalue weighted by Gasteiger charge is 2.22. The molecule has 0 radical (unpaired) electrons. The quantitative estimate of drug-likeness (QED) is 0.571. The van der Waals surface area contributed by atoms with Gasteiger partial charge in [-0.25, -0.2) is 4.39 Å². The first-order valence-corrected chi connectivity index (χ1v) is 6.86. The minimum atomic E-state index is -0.186. The topological polar surface area (TPSA) is 38.0 Å². The summed E-state index contributed by atoms with van der Waals surface area (Å²) in [5.74, 6) is 6.05. The fourth-order valence-electron chi connectivity index (χ4n) is 2.69. The lowest BCUT2D eigenvalue weighted by Gasteiger charge is -2.28. The number of benzene rings is 1. The van der Waals surface area contributed by atoms with E-state index in [1.54, 1.807) is 6.07 Å². The average molecular weight is 252 g/mol. The van der Waals surface area contributed by atoms with Gasteiger partial charge in [0, 0.05) is 6.04 Å². The molecular weight excluding hydrogens is 227 g/mol. The van der Waals surface area contributed by atoms with E-state index in [9.17, 15) is 4.39 Å². The van der Waals surface area contributed by atoms with E-state index in [-0.39, 0.29) is 11.9 Å². The van der Waals surface area contributed by atoms with Crippen molar-refractivity contribution in [3.63, 3.8) is 0 Å². The van der Waals surface area contributed by atoms with Crippen LogP contribution in [0.15, 0.2) is 18.2 Å². The lowest BCUT2D eigenvalue weighted by molar-refractivity contribution is 0.318. The third-order valence-corrected chi connectivity index (χ3v) is 3.54. The molecule has 0 amide bonds. The molecule has 0 fully saturated rings. The van der Waals surface area contributed by atoms with Gasteiger partial charge < -0.3 is 0 Å². The third kappa shape index (κ3) is 3.79. The maximum atomic E-state index is 13.2. The summed E-state index contributed by atoms with van der Waals surface area (Å²) in [4.78, 5) is 0. The van der Waals surface area contributed by atoms with Crippen LogP contribution in [0.3, 0.4) is 0 Å². The Labute approximate surface area is 110 Å². The first kappa shape index (κ1) is 15.1. The minimum absolute atomic E-state index is 0.116. The minimum Gasteiger partial charge on any atom is -0.271 e. The Morgan fingerprint density at radius 3 is 2.28 bits per heavy atom. The zero-order valence-corrected chi connectivity index (χ0v) is 11.7. The summed E-state index contributed by atoms with van der Waals surface area (Å²) < 4.78 is 13.2. The second-order valence-electron chi connectivity index (χ2n) is 4.98. The van der Waals surface area contributed by atoms with Crippen LogP contribution in [-0.4, -0.2) is 0 Å². The molecule has 2 nitrogen and oxygen atoms in total. The lowest BCUT2D eigenvalue weighted by atomic mass is 9.85. The van der Waals surface area contributed by atoms with Crippen LogP contribution in [0.4, 0.5) is 4.39 Å². The molecule has 1 atom stereocenters.